The molecule has 3 heteroatoms. The molecule has 0 amide bonds. The summed E-state index contributed by atoms with van der Waals surface area (Å²) in [4.78, 5) is 2.33. The zero-order valence-electron chi connectivity index (χ0n) is 11.6. The quantitative estimate of drug-likeness (QED) is 0.899. The summed E-state index contributed by atoms with van der Waals surface area (Å²) >= 11 is 6.46. The molecule has 0 bridgehead atoms. The van der Waals surface area contributed by atoms with Gasteiger partial charge < -0.3 is 10.6 Å². The van der Waals surface area contributed by atoms with Crippen LogP contribution in [0.15, 0.2) is 42.5 Å². The van der Waals surface area contributed by atoms with E-state index in [9.17, 15) is 0 Å². The van der Waals surface area contributed by atoms with Crippen LogP contribution >= 0.6 is 11.6 Å². The second-order valence-electron chi connectivity index (χ2n) is 5.54. The highest BCUT2D eigenvalue weighted by molar-refractivity contribution is 6.33. The number of hydrogen-bond acceptors (Lipinski definition) is 2. The maximum absolute atomic E-state index is 6.46. The molecular weight excluding hydrogens is 268 g/mol. The molecule has 1 unspecified atom stereocenters. The van der Waals surface area contributed by atoms with Crippen molar-refractivity contribution in [3.63, 3.8) is 0 Å². The van der Waals surface area contributed by atoms with Crippen LogP contribution in [-0.2, 0) is 13.0 Å². The summed E-state index contributed by atoms with van der Waals surface area (Å²) in [5.74, 6) is 0.621. The predicted molar refractivity (Wildman–Crippen MR) is 85.7 cm³/mol. The average molecular weight is 287 g/mol. The van der Waals surface area contributed by atoms with E-state index < -0.39 is 0 Å². The van der Waals surface area contributed by atoms with Crippen LogP contribution in [0.1, 0.15) is 18.1 Å². The Bertz CT molecular complexity index is 624. The predicted octanol–water partition coefficient (Wildman–Crippen LogP) is 4.13. The van der Waals surface area contributed by atoms with Gasteiger partial charge in [0.2, 0.25) is 0 Å². The molecule has 3 rings (SSSR count). The number of halogens is 1. The largest absolute Gasteiger partial charge is 0.340 e. The minimum atomic E-state index is 0.521. The zero-order valence-corrected chi connectivity index (χ0v) is 12.4. The number of rotatable bonds is 2. The third kappa shape index (κ3) is 2.41. The lowest BCUT2D eigenvalue weighted by Gasteiger charge is -2.35. The van der Waals surface area contributed by atoms with Crippen molar-refractivity contribution >= 4 is 23.0 Å². The fourth-order valence-electron chi connectivity index (χ4n) is 2.92. The van der Waals surface area contributed by atoms with Crippen molar-refractivity contribution in [2.45, 2.75) is 19.9 Å². The molecule has 0 aromatic heterocycles. The van der Waals surface area contributed by atoms with E-state index in [1.165, 1.54) is 11.3 Å². The molecule has 0 radical (unpaired) electrons. The molecule has 1 aliphatic heterocycles. The van der Waals surface area contributed by atoms with Crippen molar-refractivity contribution in [2.75, 3.05) is 11.4 Å². The fourth-order valence-corrected chi connectivity index (χ4v) is 3.23. The van der Waals surface area contributed by atoms with E-state index in [1.807, 2.05) is 6.07 Å². The van der Waals surface area contributed by atoms with Gasteiger partial charge in [0.25, 0.3) is 0 Å². The van der Waals surface area contributed by atoms with E-state index in [2.05, 4.69) is 48.2 Å². The summed E-state index contributed by atoms with van der Waals surface area (Å²) in [6, 6.07) is 14.7. The monoisotopic (exact) mass is 286 g/mol. The third-order valence-corrected chi connectivity index (χ3v) is 4.19. The van der Waals surface area contributed by atoms with Crippen LogP contribution in [0.5, 0.6) is 0 Å². The zero-order chi connectivity index (χ0) is 14.1. The lowest BCUT2D eigenvalue weighted by atomic mass is 9.93. The Labute approximate surface area is 125 Å². The Kier molecular flexibility index (Phi) is 3.68. The Morgan fingerprint density at radius 3 is 2.75 bits per heavy atom. The van der Waals surface area contributed by atoms with Gasteiger partial charge in [-0.05, 0) is 41.7 Å². The van der Waals surface area contributed by atoms with E-state index >= 15 is 0 Å². The first kappa shape index (κ1) is 13.5. The van der Waals surface area contributed by atoms with Crippen LogP contribution in [-0.4, -0.2) is 6.54 Å². The average Bonchev–Trinajstić information content (AvgIpc) is 2.46. The molecular formula is C17H19ClN2. The van der Waals surface area contributed by atoms with Gasteiger partial charge in [0.15, 0.2) is 0 Å². The molecule has 0 spiro atoms. The van der Waals surface area contributed by atoms with E-state index in [-0.39, 0.29) is 0 Å². The van der Waals surface area contributed by atoms with Crippen LogP contribution in [0, 0.1) is 5.92 Å². The van der Waals surface area contributed by atoms with Crippen molar-refractivity contribution in [1.82, 2.24) is 0 Å². The normalized spacial score (nSPS) is 17.9. The number of fused-ring (bicyclic) bond motifs is 1. The Morgan fingerprint density at radius 1 is 1.20 bits per heavy atom. The van der Waals surface area contributed by atoms with Crippen molar-refractivity contribution < 1.29 is 0 Å². The highest BCUT2D eigenvalue weighted by Gasteiger charge is 2.23. The van der Waals surface area contributed by atoms with Gasteiger partial charge in [0.05, 0.1) is 10.7 Å². The van der Waals surface area contributed by atoms with Gasteiger partial charge in [-0.1, -0.05) is 42.8 Å². The van der Waals surface area contributed by atoms with Gasteiger partial charge in [0.1, 0.15) is 0 Å². The van der Waals surface area contributed by atoms with Crippen LogP contribution in [0.25, 0.3) is 0 Å². The molecule has 2 aromatic rings. The topological polar surface area (TPSA) is 29.3 Å². The first-order valence-corrected chi connectivity index (χ1v) is 7.40. The van der Waals surface area contributed by atoms with E-state index in [4.69, 9.17) is 17.3 Å². The first-order valence-electron chi connectivity index (χ1n) is 7.03. The van der Waals surface area contributed by atoms with Crippen molar-refractivity contribution in [2.24, 2.45) is 11.7 Å². The maximum Gasteiger partial charge on any atom is 0.0646 e. The Morgan fingerprint density at radius 2 is 2.00 bits per heavy atom. The second-order valence-corrected chi connectivity index (χ2v) is 5.95. The third-order valence-electron chi connectivity index (χ3n) is 3.88. The van der Waals surface area contributed by atoms with Gasteiger partial charge in [-0.2, -0.15) is 0 Å². The summed E-state index contributed by atoms with van der Waals surface area (Å²) in [7, 11) is 0. The van der Waals surface area contributed by atoms with E-state index in [1.54, 1.807) is 0 Å². The molecule has 1 aliphatic rings. The standard InChI is InChI=1S/C17H19ClN2/c1-12-8-14-4-2-3-5-16(14)20(11-12)17-7-6-13(10-19)9-15(17)18/h2-7,9,12H,8,10-11,19H2,1H3. The Hall–Kier alpha value is -1.51. The van der Waals surface area contributed by atoms with Crippen LogP contribution in [0.3, 0.4) is 0 Å². The summed E-state index contributed by atoms with van der Waals surface area (Å²) in [6.07, 6.45) is 1.13. The fraction of sp³-hybridized carbons (Fsp3) is 0.294. The molecule has 0 saturated carbocycles. The SMILES string of the molecule is CC1Cc2ccccc2N(c2ccc(CN)cc2Cl)C1. The van der Waals surface area contributed by atoms with Gasteiger partial charge >= 0.3 is 0 Å². The summed E-state index contributed by atoms with van der Waals surface area (Å²) < 4.78 is 0. The van der Waals surface area contributed by atoms with Crippen molar-refractivity contribution in [3.8, 4) is 0 Å². The molecule has 104 valence electrons. The number of anilines is 2. The van der Waals surface area contributed by atoms with Gasteiger partial charge in [0, 0.05) is 18.8 Å². The van der Waals surface area contributed by atoms with Crippen molar-refractivity contribution in [3.05, 3.63) is 58.6 Å². The lowest BCUT2D eigenvalue weighted by molar-refractivity contribution is 0.562. The Balaban J connectivity index is 2.06. The van der Waals surface area contributed by atoms with Gasteiger partial charge in [-0.15, -0.1) is 0 Å². The number of nitrogens with two attached hydrogens (primary N) is 1. The molecule has 1 atom stereocenters. The van der Waals surface area contributed by atoms with Gasteiger partial charge in [-0.3, -0.25) is 0 Å². The summed E-state index contributed by atoms with van der Waals surface area (Å²) in [5, 5.41) is 0.775. The molecule has 20 heavy (non-hydrogen) atoms. The minimum Gasteiger partial charge on any atom is -0.340 e. The van der Waals surface area contributed by atoms with Crippen LogP contribution in [0.2, 0.25) is 5.02 Å². The number of para-hydroxylation sites is 1. The number of benzene rings is 2. The minimum absolute atomic E-state index is 0.521. The molecule has 0 aliphatic carbocycles. The van der Waals surface area contributed by atoms with Gasteiger partial charge in [-0.25, -0.2) is 0 Å². The molecule has 1 heterocycles. The highest BCUT2D eigenvalue weighted by atomic mass is 35.5. The smallest absolute Gasteiger partial charge is 0.0646 e. The molecule has 2 N–H and O–H groups in total. The molecule has 2 nitrogen and oxygen atoms in total. The van der Waals surface area contributed by atoms with Crippen LogP contribution < -0.4 is 10.6 Å². The first-order chi connectivity index (χ1) is 9.69. The van der Waals surface area contributed by atoms with E-state index in [0.717, 1.165) is 29.2 Å². The maximum atomic E-state index is 6.46. The van der Waals surface area contributed by atoms with E-state index in [0.29, 0.717) is 12.5 Å². The molecule has 0 saturated heterocycles. The summed E-state index contributed by atoms with van der Waals surface area (Å²) in [5.41, 5.74) is 10.5. The second kappa shape index (κ2) is 5.47. The molecule has 2 aromatic carbocycles. The molecule has 0 fully saturated rings. The van der Waals surface area contributed by atoms with Crippen LogP contribution in [0.4, 0.5) is 11.4 Å². The summed E-state index contributed by atoms with van der Waals surface area (Å²) in [6.45, 7) is 3.80. The highest BCUT2D eigenvalue weighted by Crippen LogP contribution is 2.38. The number of hydrogen-bond donors (Lipinski definition) is 1. The van der Waals surface area contributed by atoms with Crippen molar-refractivity contribution in [1.29, 1.82) is 0 Å². The lowest BCUT2D eigenvalue weighted by Crippen LogP contribution is -2.30. The number of nitrogens with zero attached hydrogens (tertiary/aromatic N) is 1.